The lowest BCUT2D eigenvalue weighted by atomic mass is 10.1. The van der Waals surface area contributed by atoms with Crippen LogP contribution in [0.2, 0.25) is 0 Å². The maximum absolute atomic E-state index is 12.1. The Balaban J connectivity index is 1.92. The quantitative estimate of drug-likeness (QED) is 0.796. The number of carbonyl (C=O) groups is 1. The summed E-state index contributed by atoms with van der Waals surface area (Å²) >= 11 is 0. The van der Waals surface area contributed by atoms with E-state index in [0.717, 1.165) is 16.8 Å². The second kappa shape index (κ2) is 8.27. The van der Waals surface area contributed by atoms with Crippen LogP contribution in [0.5, 0.6) is 0 Å². The SMILES string of the molecule is Cc1cccc(NC(=O)CCc2ccc(S(=O)(=O)NC(C)C)cc2)c1. The van der Waals surface area contributed by atoms with Crippen LogP contribution in [0.3, 0.4) is 0 Å². The second-order valence-electron chi connectivity index (χ2n) is 6.34. The average molecular weight is 360 g/mol. The zero-order valence-corrected chi connectivity index (χ0v) is 15.6. The molecular weight excluding hydrogens is 336 g/mol. The molecule has 0 aliphatic rings. The van der Waals surface area contributed by atoms with Gasteiger partial charge in [0.2, 0.25) is 15.9 Å². The van der Waals surface area contributed by atoms with E-state index >= 15 is 0 Å². The molecule has 6 heteroatoms. The third-order valence-corrected chi connectivity index (χ3v) is 5.24. The van der Waals surface area contributed by atoms with Crippen molar-refractivity contribution in [1.82, 2.24) is 4.72 Å². The summed E-state index contributed by atoms with van der Waals surface area (Å²) < 4.78 is 26.7. The van der Waals surface area contributed by atoms with E-state index in [1.807, 2.05) is 31.2 Å². The molecule has 2 N–H and O–H groups in total. The largest absolute Gasteiger partial charge is 0.326 e. The molecule has 25 heavy (non-hydrogen) atoms. The Kier molecular flexibility index (Phi) is 6.33. The van der Waals surface area contributed by atoms with Gasteiger partial charge in [-0.3, -0.25) is 4.79 Å². The van der Waals surface area contributed by atoms with Crippen molar-refractivity contribution in [2.24, 2.45) is 0 Å². The highest BCUT2D eigenvalue weighted by Gasteiger charge is 2.15. The minimum absolute atomic E-state index is 0.0660. The van der Waals surface area contributed by atoms with Crippen molar-refractivity contribution in [2.45, 2.75) is 44.6 Å². The number of amides is 1. The highest BCUT2D eigenvalue weighted by atomic mass is 32.2. The Morgan fingerprint density at radius 1 is 1.08 bits per heavy atom. The second-order valence-corrected chi connectivity index (χ2v) is 8.05. The first-order valence-corrected chi connectivity index (χ1v) is 9.72. The zero-order valence-electron chi connectivity index (χ0n) is 14.7. The number of carbonyl (C=O) groups excluding carboxylic acids is 1. The minimum Gasteiger partial charge on any atom is -0.326 e. The zero-order chi connectivity index (χ0) is 18.4. The van der Waals surface area contributed by atoms with Crippen LogP contribution in [0.15, 0.2) is 53.4 Å². The van der Waals surface area contributed by atoms with Gasteiger partial charge in [0.1, 0.15) is 0 Å². The van der Waals surface area contributed by atoms with E-state index < -0.39 is 10.0 Å². The normalized spacial score (nSPS) is 11.5. The van der Waals surface area contributed by atoms with Crippen molar-refractivity contribution < 1.29 is 13.2 Å². The lowest BCUT2D eigenvalue weighted by molar-refractivity contribution is -0.116. The first-order valence-electron chi connectivity index (χ1n) is 8.24. The number of anilines is 1. The standard InChI is InChI=1S/C19H24N2O3S/c1-14(2)21-25(23,24)18-10-7-16(8-11-18)9-12-19(22)20-17-6-4-5-15(3)13-17/h4-8,10-11,13-14,21H,9,12H2,1-3H3,(H,20,22). The van der Waals surface area contributed by atoms with Crippen LogP contribution in [-0.2, 0) is 21.2 Å². The first kappa shape index (κ1) is 19.1. The number of aryl methyl sites for hydroxylation is 2. The van der Waals surface area contributed by atoms with E-state index in [9.17, 15) is 13.2 Å². The van der Waals surface area contributed by atoms with E-state index in [1.165, 1.54) is 0 Å². The van der Waals surface area contributed by atoms with Crippen LogP contribution >= 0.6 is 0 Å². The van der Waals surface area contributed by atoms with Crippen LogP contribution in [0.1, 0.15) is 31.4 Å². The van der Waals surface area contributed by atoms with Gasteiger partial charge in [0.15, 0.2) is 0 Å². The summed E-state index contributed by atoms with van der Waals surface area (Å²) in [5, 5.41) is 2.87. The maximum atomic E-state index is 12.1. The number of hydrogen-bond acceptors (Lipinski definition) is 3. The monoisotopic (exact) mass is 360 g/mol. The molecule has 134 valence electrons. The molecule has 0 bridgehead atoms. The molecule has 2 rings (SSSR count). The molecule has 0 unspecified atom stereocenters. The number of nitrogens with one attached hydrogen (secondary N) is 2. The third-order valence-electron chi connectivity index (χ3n) is 3.57. The van der Waals surface area contributed by atoms with Crippen molar-refractivity contribution in [2.75, 3.05) is 5.32 Å². The van der Waals surface area contributed by atoms with Crippen molar-refractivity contribution in [3.05, 3.63) is 59.7 Å². The van der Waals surface area contributed by atoms with Gasteiger partial charge >= 0.3 is 0 Å². The highest BCUT2D eigenvalue weighted by Crippen LogP contribution is 2.14. The predicted molar refractivity (Wildman–Crippen MR) is 100 cm³/mol. The molecule has 0 atom stereocenters. The van der Waals surface area contributed by atoms with E-state index in [0.29, 0.717) is 12.8 Å². The van der Waals surface area contributed by atoms with E-state index in [-0.39, 0.29) is 16.8 Å². The number of hydrogen-bond donors (Lipinski definition) is 2. The fourth-order valence-electron chi connectivity index (χ4n) is 2.42. The number of sulfonamides is 1. The average Bonchev–Trinajstić information content (AvgIpc) is 2.52. The lowest BCUT2D eigenvalue weighted by Crippen LogP contribution is -2.30. The van der Waals surface area contributed by atoms with Gasteiger partial charge in [0.25, 0.3) is 0 Å². The van der Waals surface area contributed by atoms with Gasteiger partial charge in [0, 0.05) is 18.2 Å². The molecule has 5 nitrogen and oxygen atoms in total. The fourth-order valence-corrected chi connectivity index (χ4v) is 3.67. The summed E-state index contributed by atoms with van der Waals surface area (Å²) in [4.78, 5) is 12.3. The number of rotatable bonds is 7. The maximum Gasteiger partial charge on any atom is 0.240 e. The molecule has 2 aromatic carbocycles. The van der Waals surface area contributed by atoms with Crippen LogP contribution in [-0.4, -0.2) is 20.4 Å². The molecular formula is C19H24N2O3S. The van der Waals surface area contributed by atoms with Crippen LogP contribution in [0.25, 0.3) is 0 Å². The lowest BCUT2D eigenvalue weighted by Gasteiger charge is -2.10. The van der Waals surface area contributed by atoms with Gasteiger partial charge < -0.3 is 5.32 Å². The summed E-state index contributed by atoms with van der Waals surface area (Å²) in [6.07, 6.45) is 0.889. The van der Waals surface area contributed by atoms with Crippen LogP contribution < -0.4 is 10.0 Å². The Labute approximate surface area is 149 Å². The topological polar surface area (TPSA) is 75.3 Å². The summed E-state index contributed by atoms with van der Waals surface area (Å²) in [6.45, 7) is 5.52. The molecule has 0 aliphatic heterocycles. The van der Waals surface area contributed by atoms with Gasteiger partial charge in [0.05, 0.1) is 4.90 Å². The van der Waals surface area contributed by atoms with Gasteiger partial charge in [-0.05, 0) is 62.6 Å². The van der Waals surface area contributed by atoms with Crippen LogP contribution in [0, 0.1) is 6.92 Å². The van der Waals surface area contributed by atoms with Crippen molar-refractivity contribution in [3.63, 3.8) is 0 Å². The molecule has 0 spiro atoms. The molecule has 0 aliphatic carbocycles. The van der Waals surface area contributed by atoms with E-state index in [4.69, 9.17) is 0 Å². The molecule has 1 amide bonds. The van der Waals surface area contributed by atoms with Gasteiger partial charge in [-0.15, -0.1) is 0 Å². The Hall–Kier alpha value is -2.18. The van der Waals surface area contributed by atoms with Gasteiger partial charge in [-0.1, -0.05) is 24.3 Å². The van der Waals surface area contributed by atoms with Crippen LogP contribution in [0.4, 0.5) is 5.69 Å². The molecule has 0 saturated carbocycles. The summed E-state index contributed by atoms with van der Waals surface area (Å²) in [7, 11) is -3.48. The van der Waals surface area contributed by atoms with E-state index in [1.54, 1.807) is 38.1 Å². The Morgan fingerprint density at radius 3 is 2.36 bits per heavy atom. The van der Waals surface area contributed by atoms with Crippen molar-refractivity contribution in [3.8, 4) is 0 Å². The summed E-state index contributed by atoms with van der Waals surface area (Å²) in [6, 6.07) is 14.1. The first-order chi connectivity index (χ1) is 11.8. The summed E-state index contributed by atoms with van der Waals surface area (Å²) in [5.41, 5.74) is 2.79. The van der Waals surface area contributed by atoms with Crippen molar-refractivity contribution in [1.29, 1.82) is 0 Å². The van der Waals surface area contributed by atoms with E-state index in [2.05, 4.69) is 10.0 Å². The molecule has 0 fully saturated rings. The smallest absolute Gasteiger partial charge is 0.240 e. The molecule has 0 heterocycles. The molecule has 0 saturated heterocycles. The number of benzene rings is 2. The highest BCUT2D eigenvalue weighted by molar-refractivity contribution is 7.89. The third kappa shape index (κ3) is 5.99. The minimum atomic E-state index is -3.48. The summed E-state index contributed by atoms with van der Waals surface area (Å²) in [5.74, 6) is -0.0660. The predicted octanol–water partition coefficient (Wildman–Crippen LogP) is 3.25. The Morgan fingerprint density at radius 2 is 1.76 bits per heavy atom. The molecule has 0 aromatic heterocycles. The fraction of sp³-hybridized carbons (Fsp3) is 0.316. The van der Waals surface area contributed by atoms with Gasteiger partial charge in [-0.2, -0.15) is 0 Å². The van der Waals surface area contributed by atoms with Crippen molar-refractivity contribution >= 4 is 21.6 Å². The Bertz CT molecular complexity index is 828. The van der Waals surface area contributed by atoms with Gasteiger partial charge in [-0.25, -0.2) is 13.1 Å². The molecule has 0 radical (unpaired) electrons. The molecule has 2 aromatic rings.